The van der Waals surface area contributed by atoms with Crippen molar-refractivity contribution < 1.29 is 0 Å². The van der Waals surface area contributed by atoms with E-state index in [1.54, 1.807) is 0 Å². The summed E-state index contributed by atoms with van der Waals surface area (Å²) in [5.74, 6) is 0. The average Bonchev–Trinajstić information content (AvgIpc) is 2.87. The van der Waals surface area contributed by atoms with Gasteiger partial charge >= 0.3 is 0 Å². The molecular weight excluding hydrogens is 391 g/mol. The molecule has 0 aliphatic rings. The van der Waals surface area contributed by atoms with Gasteiger partial charge in [0.25, 0.3) is 0 Å². The smallest absolute Gasteiger partial charge is 0.000594 e. The van der Waals surface area contributed by atoms with Crippen molar-refractivity contribution in [3.8, 4) is 22.3 Å². The summed E-state index contributed by atoms with van der Waals surface area (Å²) in [6, 6.07) is 50.2. The standard InChI is InChI=1S/C30H23P/c1-5-14-24(15-6-1)28-22-13-23-29(25-16-7-2-8-17-25)30(28)31(26-18-9-3-10-19-26)27-20-11-4-12-21-27/h1-23H. The Morgan fingerprint density at radius 1 is 0.323 bits per heavy atom. The van der Waals surface area contributed by atoms with E-state index in [1.165, 1.54) is 38.2 Å². The largest absolute Gasteiger partial charge is 0.0622 e. The lowest BCUT2D eigenvalue weighted by Gasteiger charge is -2.25. The Labute approximate surface area is 185 Å². The molecule has 0 spiro atoms. The number of benzene rings is 5. The lowest BCUT2D eigenvalue weighted by atomic mass is 9.99. The third kappa shape index (κ3) is 4.08. The maximum Gasteiger partial charge on any atom is 0.000594 e. The van der Waals surface area contributed by atoms with Gasteiger partial charge in [0.05, 0.1) is 0 Å². The Morgan fingerprint density at radius 3 is 1.06 bits per heavy atom. The highest BCUT2D eigenvalue weighted by molar-refractivity contribution is 7.80. The minimum Gasteiger partial charge on any atom is -0.0622 e. The zero-order valence-electron chi connectivity index (χ0n) is 17.2. The molecule has 0 atom stereocenters. The first-order valence-corrected chi connectivity index (χ1v) is 11.9. The van der Waals surface area contributed by atoms with E-state index in [4.69, 9.17) is 0 Å². The maximum atomic E-state index is 2.28. The molecule has 0 fully saturated rings. The predicted octanol–water partition coefficient (Wildman–Crippen LogP) is 6.78. The minimum absolute atomic E-state index is 0.735. The van der Waals surface area contributed by atoms with Gasteiger partial charge in [-0.05, 0) is 40.8 Å². The first-order chi connectivity index (χ1) is 15.4. The van der Waals surface area contributed by atoms with Crippen LogP contribution in [0.3, 0.4) is 0 Å². The quantitative estimate of drug-likeness (QED) is 0.278. The lowest BCUT2D eigenvalue weighted by Crippen LogP contribution is -2.23. The highest BCUT2D eigenvalue weighted by atomic mass is 31.1. The van der Waals surface area contributed by atoms with Crippen LogP contribution in [0.5, 0.6) is 0 Å². The summed E-state index contributed by atoms with van der Waals surface area (Å²) < 4.78 is 0. The highest BCUT2D eigenvalue weighted by Crippen LogP contribution is 2.41. The molecule has 148 valence electrons. The Hall–Kier alpha value is -3.47. The van der Waals surface area contributed by atoms with Crippen LogP contribution in [0.25, 0.3) is 22.3 Å². The summed E-state index contributed by atoms with van der Waals surface area (Å²) in [5, 5.41) is 4.14. The predicted molar refractivity (Wildman–Crippen MR) is 136 cm³/mol. The van der Waals surface area contributed by atoms with E-state index in [1.807, 2.05) is 0 Å². The van der Waals surface area contributed by atoms with Crippen LogP contribution in [-0.2, 0) is 0 Å². The molecule has 0 radical (unpaired) electrons. The van der Waals surface area contributed by atoms with Crippen molar-refractivity contribution in [3.05, 3.63) is 140 Å². The Kier molecular flexibility index (Phi) is 5.74. The molecule has 0 heterocycles. The highest BCUT2D eigenvalue weighted by Gasteiger charge is 2.23. The molecule has 0 unspecified atom stereocenters. The van der Waals surface area contributed by atoms with Crippen LogP contribution < -0.4 is 15.9 Å². The minimum atomic E-state index is -0.735. The van der Waals surface area contributed by atoms with Gasteiger partial charge in [0.2, 0.25) is 0 Å². The normalized spacial score (nSPS) is 10.9. The van der Waals surface area contributed by atoms with Gasteiger partial charge in [0.15, 0.2) is 0 Å². The summed E-state index contributed by atoms with van der Waals surface area (Å²) in [7, 11) is -0.735. The molecule has 5 rings (SSSR count). The maximum absolute atomic E-state index is 2.28. The fraction of sp³-hybridized carbons (Fsp3) is 0. The molecule has 0 amide bonds. The summed E-state index contributed by atoms with van der Waals surface area (Å²) in [5.41, 5.74) is 5.13. The number of hydrogen-bond donors (Lipinski definition) is 0. The van der Waals surface area contributed by atoms with E-state index in [9.17, 15) is 0 Å². The van der Waals surface area contributed by atoms with Crippen LogP contribution in [0.15, 0.2) is 140 Å². The molecule has 31 heavy (non-hydrogen) atoms. The van der Waals surface area contributed by atoms with Gasteiger partial charge in [-0.15, -0.1) is 0 Å². The van der Waals surface area contributed by atoms with Crippen LogP contribution in [-0.4, -0.2) is 0 Å². The van der Waals surface area contributed by atoms with Gasteiger partial charge < -0.3 is 0 Å². The summed E-state index contributed by atoms with van der Waals surface area (Å²) in [6.07, 6.45) is 0. The van der Waals surface area contributed by atoms with Crippen molar-refractivity contribution in [3.63, 3.8) is 0 Å². The molecule has 5 aromatic rings. The fourth-order valence-corrected chi connectivity index (χ4v) is 6.69. The van der Waals surface area contributed by atoms with Crippen molar-refractivity contribution in [2.45, 2.75) is 0 Å². The molecule has 0 N–H and O–H groups in total. The first-order valence-electron chi connectivity index (χ1n) is 10.6. The molecule has 1 heteroatoms. The second-order valence-electron chi connectivity index (χ2n) is 7.44. The van der Waals surface area contributed by atoms with E-state index in [2.05, 4.69) is 140 Å². The van der Waals surface area contributed by atoms with Crippen molar-refractivity contribution in [2.75, 3.05) is 0 Å². The molecule has 0 saturated carbocycles. The molecule has 0 saturated heterocycles. The lowest BCUT2D eigenvalue weighted by molar-refractivity contribution is 1.61. The van der Waals surface area contributed by atoms with Gasteiger partial charge in [0, 0.05) is 5.30 Å². The van der Waals surface area contributed by atoms with E-state index < -0.39 is 7.92 Å². The zero-order chi connectivity index (χ0) is 20.9. The zero-order valence-corrected chi connectivity index (χ0v) is 18.1. The summed E-state index contributed by atoms with van der Waals surface area (Å²) >= 11 is 0. The third-order valence-corrected chi connectivity index (χ3v) is 8.02. The van der Waals surface area contributed by atoms with Crippen LogP contribution >= 0.6 is 7.92 Å². The molecule has 0 aliphatic carbocycles. The molecule has 0 bridgehead atoms. The van der Waals surface area contributed by atoms with Crippen LogP contribution in [0.4, 0.5) is 0 Å². The molecular formula is C30H23P. The van der Waals surface area contributed by atoms with Crippen LogP contribution in [0, 0.1) is 0 Å². The second-order valence-corrected chi connectivity index (χ2v) is 9.59. The van der Waals surface area contributed by atoms with Gasteiger partial charge in [0.1, 0.15) is 0 Å². The first kappa shape index (κ1) is 19.5. The van der Waals surface area contributed by atoms with Gasteiger partial charge in [-0.2, -0.15) is 0 Å². The van der Waals surface area contributed by atoms with Gasteiger partial charge in [-0.3, -0.25) is 0 Å². The Bertz CT molecular complexity index is 1150. The Morgan fingerprint density at radius 2 is 0.677 bits per heavy atom. The third-order valence-electron chi connectivity index (χ3n) is 5.46. The van der Waals surface area contributed by atoms with Gasteiger partial charge in [-0.25, -0.2) is 0 Å². The number of hydrogen-bond acceptors (Lipinski definition) is 0. The van der Waals surface area contributed by atoms with Crippen molar-refractivity contribution in [1.82, 2.24) is 0 Å². The topological polar surface area (TPSA) is 0 Å². The van der Waals surface area contributed by atoms with Crippen LogP contribution in [0.2, 0.25) is 0 Å². The van der Waals surface area contributed by atoms with Crippen molar-refractivity contribution in [1.29, 1.82) is 0 Å². The van der Waals surface area contributed by atoms with Gasteiger partial charge in [-0.1, -0.05) is 140 Å². The summed E-state index contributed by atoms with van der Waals surface area (Å²) in [4.78, 5) is 0. The number of rotatable bonds is 5. The van der Waals surface area contributed by atoms with E-state index in [-0.39, 0.29) is 0 Å². The molecule has 5 aromatic carbocycles. The second kappa shape index (κ2) is 9.13. The molecule has 0 aliphatic heterocycles. The van der Waals surface area contributed by atoms with E-state index >= 15 is 0 Å². The molecule has 0 aromatic heterocycles. The Balaban J connectivity index is 1.85. The van der Waals surface area contributed by atoms with E-state index in [0.717, 1.165) is 0 Å². The van der Waals surface area contributed by atoms with Crippen LogP contribution in [0.1, 0.15) is 0 Å². The molecule has 0 nitrogen and oxygen atoms in total. The summed E-state index contributed by atoms with van der Waals surface area (Å²) in [6.45, 7) is 0. The average molecular weight is 414 g/mol. The van der Waals surface area contributed by atoms with Crippen molar-refractivity contribution >= 4 is 23.8 Å². The van der Waals surface area contributed by atoms with Crippen molar-refractivity contribution in [2.24, 2.45) is 0 Å². The van der Waals surface area contributed by atoms with E-state index in [0.29, 0.717) is 0 Å². The monoisotopic (exact) mass is 414 g/mol. The fourth-order valence-electron chi connectivity index (χ4n) is 4.05. The SMILES string of the molecule is c1ccc(-c2cccc(-c3ccccc3)c2P(c2ccccc2)c2ccccc2)cc1.